The molecule has 0 aliphatic carbocycles. The molecule has 3 atom stereocenters. The van der Waals surface area contributed by atoms with Crippen LogP contribution >= 0.6 is 0 Å². The first-order chi connectivity index (χ1) is 10.2. The van der Waals surface area contributed by atoms with E-state index < -0.39 is 0 Å². The number of rotatable bonds is 6. The molecule has 1 N–H and O–H groups in total. The molecule has 2 rings (SSSR count). The molecule has 0 spiro atoms. The molecule has 0 bridgehead atoms. The summed E-state index contributed by atoms with van der Waals surface area (Å²) in [6, 6.07) is 6.65. The highest BCUT2D eigenvalue weighted by atomic mass is 16.5. The summed E-state index contributed by atoms with van der Waals surface area (Å²) < 4.78 is 16.5. The quantitative estimate of drug-likeness (QED) is 0.873. The van der Waals surface area contributed by atoms with Crippen LogP contribution in [0.1, 0.15) is 44.7 Å². The zero-order chi connectivity index (χ0) is 15.2. The summed E-state index contributed by atoms with van der Waals surface area (Å²) in [6.07, 6.45) is 3.60. The monoisotopic (exact) mass is 293 g/mol. The molecule has 0 aromatic heterocycles. The lowest BCUT2D eigenvalue weighted by molar-refractivity contribution is -0.00169. The van der Waals surface area contributed by atoms with Gasteiger partial charge in [-0.2, -0.15) is 0 Å². The lowest BCUT2D eigenvalue weighted by Crippen LogP contribution is -2.40. The van der Waals surface area contributed by atoms with Gasteiger partial charge in [0.1, 0.15) is 11.5 Å². The Kier molecular flexibility index (Phi) is 5.88. The van der Waals surface area contributed by atoms with Crippen molar-refractivity contribution in [3.05, 3.63) is 23.8 Å². The van der Waals surface area contributed by atoms with Gasteiger partial charge in [-0.1, -0.05) is 6.92 Å². The first-order valence-electron chi connectivity index (χ1n) is 7.77. The van der Waals surface area contributed by atoms with E-state index in [9.17, 15) is 0 Å². The van der Waals surface area contributed by atoms with Gasteiger partial charge in [-0.3, -0.25) is 0 Å². The Labute approximate surface area is 127 Å². The molecule has 21 heavy (non-hydrogen) atoms. The fourth-order valence-electron chi connectivity index (χ4n) is 2.94. The van der Waals surface area contributed by atoms with Crippen molar-refractivity contribution in [2.75, 3.05) is 20.8 Å². The molecule has 1 aromatic carbocycles. The van der Waals surface area contributed by atoms with Crippen LogP contribution in [0.25, 0.3) is 0 Å². The van der Waals surface area contributed by atoms with E-state index in [2.05, 4.69) is 19.2 Å². The fourth-order valence-corrected chi connectivity index (χ4v) is 2.94. The van der Waals surface area contributed by atoms with Crippen molar-refractivity contribution >= 4 is 0 Å². The van der Waals surface area contributed by atoms with Crippen LogP contribution in [0.4, 0.5) is 0 Å². The van der Waals surface area contributed by atoms with Crippen LogP contribution in [0.2, 0.25) is 0 Å². The molecule has 1 fully saturated rings. The van der Waals surface area contributed by atoms with E-state index in [0.717, 1.165) is 42.9 Å². The van der Waals surface area contributed by atoms with Gasteiger partial charge in [-0.25, -0.2) is 0 Å². The van der Waals surface area contributed by atoms with Crippen molar-refractivity contribution in [2.24, 2.45) is 0 Å². The smallest absolute Gasteiger partial charge is 0.123 e. The van der Waals surface area contributed by atoms with Crippen molar-refractivity contribution < 1.29 is 14.2 Å². The average molecular weight is 293 g/mol. The molecule has 1 aromatic rings. The van der Waals surface area contributed by atoms with Gasteiger partial charge in [-0.05, 0) is 44.4 Å². The van der Waals surface area contributed by atoms with Gasteiger partial charge in [0.25, 0.3) is 0 Å². The van der Waals surface area contributed by atoms with Gasteiger partial charge in [0.05, 0.1) is 20.3 Å². The Balaban J connectivity index is 2.06. The predicted octanol–water partition coefficient (Wildman–Crippen LogP) is 3.31. The van der Waals surface area contributed by atoms with Gasteiger partial charge in [0.2, 0.25) is 0 Å². The maximum Gasteiger partial charge on any atom is 0.123 e. The third kappa shape index (κ3) is 4.11. The molecule has 0 saturated carbocycles. The van der Waals surface area contributed by atoms with E-state index in [4.69, 9.17) is 14.2 Å². The molecule has 118 valence electrons. The molecule has 1 aliphatic heterocycles. The fraction of sp³-hybridized carbons (Fsp3) is 0.647. The van der Waals surface area contributed by atoms with Gasteiger partial charge in [0, 0.05) is 24.3 Å². The highest BCUT2D eigenvalue weighted by Gasteiger charge is 2.23. The third-order valence-electron chi connectivity index (χ3n) is 4.21. The maximum atomic E-state index is 5.74. The van der Waals surface area contributed by atoms with E-state index in [1.807, 2.05) is 18.2 Å². The Hall–Kier alpha value is -1.26. The van der Waals surface area contributed by atoms with Crippen LogP contribution in [0.5, 0.6) is 11.5 Å². The van der Waals surface area contributed by atoms with E-state index in [1.54, 1.807) is 14.2 Å². The number of nitrogens with one attached hydrogen (secondary N) is 1. The molecule has 0 radical (unpaired) electrons. The minimum Gasteiger partial charge on any atom is -0.497 e. The third-order valence-corrected chi connectivity index (χ3v) is 4.21. The second-order valence-electron chi connectivity index (χ2n) is 5.62. The number of benzene rings is 1. The molecular weight excluding hydrogens is 266 g/mol. The summed E-state index contributed by atoms with van der Waals surface area (Å²) in [7, 11) is 3.40. The van der Waals surface area contributed by atoms with Gasteiger partial charge in [0.15, 0.2) is 0 Å². The van der Waals surface area contributed by atoms with Gasteiger partial charge >= 0.3 is 0 Å². The lowest BCUT2D eigenvalue weighted by atomic mass is 9.99. The Morgan fingerprint density at radius 2 is 2.14 bits per heavy atom. The Morgan fingerprint density at radius 1 is 1.33 bits per heavy atom. The zero-order valence-electron chi connectivity index (χ0n) is 13.5. The van der Waals surface area contributed by atoms with E-state index in [0.29, 0.717) is 12.1 Å². The largest absolute Gasteiger partial charge is 0.497 e. The van der Waals surface area contributed by atoms with Crippen molar-refractivity contribution in [1.82, 2.24) is 5.32 Å². The van der Waals surface area contributed by atoms with Gasteiger partial charge in [-0.15, -0.1) is 0 Å². The van der Waals surface area contributed by atoms with Crippen LogP contribution in [-0.2, 0) is 4.74 Å². The zero-order valence-corrected chi connectivity index (χ0v) is 13.5. The standard InChI is InChI=1S/C17H27NO3/c1-5-14-10-13(8-9-21-14)18-12(2)16-11-15(19-3)6-7-17(16)20-4/h6-7,11-14,18H,5,8-10H2,1-4H3. The normalized spacial score (nSPS) is 23.6. The number of hydrogen-bond donors (Lipinski definition) is 1. The minimum absolute atomic E-state index is 0.218. The van der Waals surface area contributed by atoms with Crippen LogP contribution in [0.15, 0.2) is 18.2 Å². The summed E-state index contributed by atoms with van der Waals surface area (Å²) in [4.78, 5) is 0. The molecule has 4 heteroatoms. The molecule has 1 aliphatic rings. The summed E-state index contributed by atoms with van der Waals surface area (Å²) in [5, 5.41) is 3.71. The topological polar surface area (TPSA) is 39.7 Å². The van der Waals surface area contributed by atoms with E-state index in [-0.39, 0.29) is 6.04 Å². The summed E-state index contributed by atoms with van der Waals surface area (Å²) >= 11 is 0. The second-order valence-corrected chi connectivity index (χ2v) is 5.62. The first-order valence-corrected chi connectivity index (χ1v) is 7.77. The second kappa shape index (κ2) is 7.66. The molecule has 1 saturated heterocycles. The van der Waals surface area contributed by atoms with Crippen LogP contribution in [0, 0.1) is 0 Å². The van der Waals surface area contributed by atoms with Gasteiger partial charge < -0.3 is 19.5 Å². The summed E-state index contributed by atoms with van der Waals surface area (Å²) in [5.74, 6) is 1.76. The molecule has 3 unspecified atom stereocenters. The van der Waals surface area contributed by atoms with Crippen molar-refractivity contribution in [3.8, 4) is 11.5 Å². The first kappa shape index (κ1) is 16.1. The number of hydrogen-bond acceptors (Lipinski definition) is 4. The molecule has 0 amide bonds. The predicted molar refractivity (Wildman–Crippen MR) is 84.1 cm³/mol. The van der Waals surface area contributed by atoms with Crippen molar-refractivity contribution in [1.29, 1.82) is 0 Å². The SMILES string of the molecule is CCC1CC(NC(C)c2cc(OC)ccc2OC)CCO1. The molecule has 1 heterocycles. The maximum absolute atomic E-state index is 5.74. The van der Waals surface area contributed by atoms with Crippen LogP contribution in [-0.4, -0.2) is 33.0 Å². The molecule has 4 nitrogen and oxygen atoms in total. The highest BCUT2D eigenvalue weighted by Crippen LogP contribution is 2.30. The highest BCUT2D eigenvalue weighted by molar-refractivity contribution is 5.42. The summed E-state index contributed by atoms with van der Waals surface area (Å²) in [6.45, 7) is 5.20. The average Bonchev–Trinajstić information content (AvgIpc) is 2.54. The number of ether oxygens (including phenoxy) is 3. The van der Waals surface area contributed by atoms with Crippen molar-refractivity contribution in [3.63, 3.8) is 0 Å². The van der Waals surface area contributed by atoms with E-state index in [1.165, 1.54) is 0 Å². The summed E-state index contributed by atoms with van der Waals surface area (Å²) in [5.41, 5.74) is 1.14. The van der Waals surface area contributed by atoms with Crippen molar-refractivity contribution in [2.45, 2.75) is 51.3 Å². The van der Waals surface area contributed by atoms with Crippen LogP contribution < -0.4 is 14.8 Å². The Morgan fingerprint density at radius 3 is 2.81 bits per heavy atom. The Bertz CT molecular complexity index is 450. The van der Waals surface area contributed by atoms with E-state index >= 15 is 0 Å². The molecular formula is C17H27NO3. The minimum atomic E-state index is 0.218. The number of methoxy groups -OCH3 is 2. The van der Waals surface area contributed by atoms with Crippen LogP contribution in [0.3, 0.4) is 0 Å². The lowest BCUT2D eigenvalue weighted by Gasteiger charge is -2.32.